The van der Waals surface area contributed by atoms with E-state index < -0.39 is 0 Å². The first-order valence-corrected chi connectivity index (χ1v) is 12.5. The second kappa shape index (κ2) is 13.3. The lowest BCUT2D eigenvalue weighted by atomic mass is 9.85. The summed E-state index contributed by atoms with van der Waals surface area (Å²) in [5.74, 6) is 3.74. The summed E-state index contributed by atoms with van der Waals surface area (Å²) < 4.78 is 0. The van der Waals surface area contributed by atoms with E-state index in [9.17, 15) is 4.79 Å². The minimum Gasteiger partial charge on any atom is -0.357 e. The number of carbonyl (C=O) groups is 1. The number of guanidine groups is 1. The van der Waals surface area contributed by atoms with Crippen LogP contribution in [0.3, 0.4) is 0 Å². The highest BCUT2D eigenvalue weighted by Gasteiger charge is 2.30. The molecule has 2 aliphatic heterocycles. The van der Waals surface area contributed by atoms with Crippen LogP contribution >= 0.6 is 35.7 Å². The van der Waals surface area contributed by atoms with Crippen molar-refractivity contribution in [3.05, 3.63) is 0 Å². The number of halogens is 1. The molecule has 3 aliphatic rings. The van der Waals surface area contributed by atoms with Crippen molar-refractivity contribution in [1.29, 1.82) is 0 Å². The Bertz CT molecular complexity index is 552. The van der Waals surface area contributed by atoms with Crippen molar-refractivity contribution in [2.75, 3.05) is 71.4 Å². The number of carbonyl (C=O) groups excluding carboxylic acids is 1. The summed E-state index contributed by atoms with van der Waals surface area (Å²) in [6.07, 6.45) is 4.09. The van der Waals surface area contributed by atoms with Crippen LogP contribution in [0.15, 0.2) is 4.99 Å². The Labute approximate surface area is 204 Å². The maximum absolute atomic E-state index is 12.8. The normalized spacial score (nSPS) is 29.2. The number of thioether (sulfide) groups is 1. The van der Waals surface area contributed by atoms with Crippen LogP contribution in [0.4, 0.5) is 0 Å². The number of rotatable bonds is 5. The van der Waals surface area contributed by atoms with E-state index in [-0.39, 0.29) is 29.9 Å². The number of amides is 1. The largest absolute Gasteiger partial charge is 0.357 e. The van der Waals surface area contributed by atoms with Gasteiger partial charge in [0.15, 0.2) is 5.96 Å². The van der Waals surface area contributed by atoms with Gasteiger partial charge in [0.05, 0.1) is 6.54 Å². The molecule has 0 aromatic heterocycles. The lowest BCUT2D eigenvalue weighted by molar-refractivity contribution is -0.136. The molecule has 3 fully saturated rings. The van der Waals surface area contributed by atoms with Crippen molar-refractivity contribution in [2.45, 2.75) is 44.7 Å². The minimum absolute atomic E-state index is 0. The van der Waals surface area contributed by atoms with E-state index in [0.29, 0.717) is 18.0 Å². The predicted octanol–water partition coefficient (Wildman–Crippen LogP) is 1.54. The average Bonchev–Trinajstić information content (AvgIpc) is 2.75. The predicted molar refractivity (Wildman–Crippen MR) is 138 cm³/mol. The molecule has 1 aliphatic carbocycles. The van der Waals surface area contributed by atoms with E-state index in [1.54, 1.807) is 0 Å². The fourth-order valence-electron chi connectivity index (χ4n) is 4.54. The molecule has 0 bridgehead atoms. The van der Waals surface area contributed by atoms with E-state index in [0.717, 1.165) is 89.0 Å². The maximum Gasteiger partial charge on any atom is 0.225 e. The van der Waals surface area contributed by atoms with Gasteiger partial charge in [0, 0.05) is 68.8 Å². The van der Waals surface area contributed by atoms with Crippen molar-refractivity contribution in [1.82, 2.24) is 25.3 Å². The quantitative estimate of drug-likeness (QED) is 0.307. The third kappa shape index (κ3) is 7.70. The van der Waals surface area contributed by atoms with E-state index in [1.807, 2.05) is 11.8 Å². The zero-order chi connectivity index (χ0) is 20.6. The molecule has 1 amide bonds. The van der Waals surface area contributed by atoms with E-state index >= 15 is 0 Å². The van der Waals surface area contributed by atoms with E-state index in [4.69, 9.17) is 4.99 Å². The van der Waals surface area contributed by atoms with Crippen LogP contribution in [0, 0.1) is 5.92 Å². The third-order valence-electron chi connectivity index (χ3n) is 6.52. The third-order valence-corrected chi connectivity index (χ3v) is 7.47. The number of aliphatic imine (C=N–C) groups is 1. The summed E-state index contributed by atoms with van der Waals surface area (Å²) in [7, 11) is 4.39. The van der Waals surface area contributed by atoms with Gasteiger partial charge >= 0.3 is 0 Å². The van der Waals surface area contributed by atoms with Gasteiger partial charge in [-0.3, -0.25) is 14.7 Å². The topological polar surface area (TPSA) is 63.2 Å². The fraction of sp³-hybridized carbons (Fsp3) is 0.905. The first kappa shape index (κ1) is 26.0. The van der Waals surface area contributed by atoms with E-state index in [2.05, 4.69) is 46.4 Å². The maximum atomic E-state index is 12.8. The van der Waals surface area contributed by atoms with Gasteiger partial charge in [-0.2, -0.15) is 11.8 Å². The van der Waals surface area contributed by atoms with E-state index in [1.165, 1.54) is 0 Å². The van der Waals surface area contributed by atoms with Crippen molar-refractivity contribution in [3.8, 4) is 0 Å². The fourth-order valence-corrected chi connectivity index (χ4v) is 5.44. The Morgan fingerprint density at radius 2 is 1.77 bits per heavy atom. The van der Waals surface area contributed by atoms with Gasteiger partial charge in [0.25, 0.3) is 0 Å². The van der Waals surface area contributed by atoms with Crippen LogP contribution in [-0.2, 0) is 4.79 Å². The number of nitrogens with one attached hydrogen (secondary N) is 2. The van der Waals surface area contributed by atoms with Crippen molar-refractivity contribution >= 4 is 47.6 Å². The highest BCUT2D eigenvalue weighted by atomic mass is 127. The summed E-state index contributed by atoms with van der Waals surface area (Å²) >= 11 is 1.96. The van der Waals surface area contributed by atoms with Gasteiger partial charge < -0.3 is 20.4 Å². The van der Waals surface area contributed by atoms with Gasteiger partial charge in [-0.1, -0.05) is 0 Å². The lowest BCUT2D eigenvalue weighted by Crippen LogP contribution is -2.52. The highest BCUT2D eigenvalue weighted by Crippen LogP contribution is 2.27. The molecule has 1 atom stereocenters. The van der Waals surface area contributed by atoms with Crippen molar-refractivity contribution in [3.63, 3.8) is 0 Å². The van der Waals surface area contributed by atoms with Gasteiger partial charge in [0.2, 0.25) is 5.91 Å². The minimum atomic E-state index is 0. The number of hydrogen-bond acceptors (Lipinski definition) is 5. The zero-order valence-electron chi connectivity index (χ0n) is 18.9. The summed E-state index contributed by atoms with van der Waals surface area (Å²) in [6.45, 7) is 8.98. The molecule has 2 heterocycles. The molecule has 3 rings (SSSR count). The van der Waals surface area contributed by atoms with Crippen molar-refractivity contribution < 1.29 is 4.79 Å². The summed E-state index contributed by atoms with van der Waals surface area (Å²) in [5, 5.41) is 7.05. The molecule has 0 aromatic rings. The first-order valence-electron chi connectivity index (χ1n) is 11.4. The molecule has 1 saturated carbocycles. The molecule has 0 radical (unpaired) electrons. The number of piperazine rings is 1. The van der Waals surface area contributed by atoms with Crippen LogP contribution in [0.25, 0.3) is 0 Å². The number of likely N-dealkylation sites (N-methyl/N-ethyl adjacent to an activating group) is 2. The smallest absolute Gasteiger partial charge is 0.225 e. The summed E-state index contributed by atoms with van der Waals surface area (Å²) in [6, 6.07) is 0.890. The van der Waals surface area contributed by atoms with Crippen LogP contribution in [0.2, 0.25) is 0 Å². The molecule has 2 N–H and O–H groups in total. The molecule has 30 heavy (non-hydrogen) atoms. The molecular weight excluding hydrogens is 511 g/mol. The number of nitrogens with zero attached hydrogens (tertiary/aromatic N) is 4. The average molecular weight is 553 g/mol. The Hall–Kier alpha value is -0.260. The molecule has 1 unspecified atom stereocenters. The molecule has 9 heteroatoms. The Kier molecular flexibility index (Phi) is 11.5. The van der Waals surface area contributed by atoms with Gasteiger partial charge in [-0.25, -0.2) is 0 Å². The monoisotopic (exact) mass is 552 g/mol. The SMILES string of the molecule is CCNC(=NCC1CN(C)CCN1C)NC1CCC(C(=O)N2CCSCC2)CC1.I. The first-order chi connectivity index (χ1) is 14.1. The van der Waals surface area contributed by atoms with Crippen molar-refractivity contribution in [2.24, 2.45) is 10.9 Å². The van der Waals surface area contributed by atoms with Crippen LogP contribution < -0.4 is 10.6 Å². The summed E-state index contributed by atoms with van der Waals surface area (Å²) in [4.78, 5) is 24.6. The Morgan fingerprint density at radius 1 is 1.07 bits per heavy atom. The Balaban J connectivity index is 0.00000320. The second-order valence-corrected chi connectivity index (χ2v) is 9.97. The standard InChI is InChI=1S/C21H40N6OS.HI/c1-4-22-21(23-15-19-16-25(2)9-10-26(19)3)24-18-7-5-17(6-8-18)20(28)27-11-13-29-14-12-27;/h17-19H,4-16H2,1-3H3,(H2,22,23,24);1H. The van der Waals surface area contributed by atoms with Crippen LogP contribution in [0.5, 0.6) is 0 Å². The lowest BCUT2D eigenvalue weighted by Gasteiger charge is -2.37. The number of hydrogen-bond donors (Lipinski definition) is 2. The molecule has 174 valence electrons. The van der Waals surface area contributed by atoms with Gasteiger partial charge in [0.1, 0.15) is 0 Å². The summed E-state index contributed by atoms with van der Waals surface area (Å²) in [5.41, 5.74) is 0. The van der Waals surface area contributed by atoms with Crippen LogP contribution in [-0.4, -0.2) is 110 Å². The molecule has 2 saturated heterocycles. The van der Waals surface area contributed by atoms with Gasteiger partial charge in [-0.15, -0.1) is 24.0 Å². The Morgan fingerprint density at radius 3 is 2.43 bits per heavy atom. The molecule has 0 aromatic carbocycles. The van der Waals surface area contributed by atoms with Gasteiger partial charge in [-0.05, 0) is 46.7 Å². The molecule has 0 spiro atoms. The molecular formula is C21H41IN6OS. The molecule has 7 nitrogen and oxygen atoms in total. The highest BCUT2D eigenvalue weighted by molar-refractivity contribution is 14.0. The zero-order valence-corrected chi connectivity index (χ0v) is 22.1. The van der Waals surface area contributed by atoms with Crippen LogP contribution in [0.1, 0.15) is 32.6 Å². The second-order valence-electron chi connectivity index (χ2n) is 8.75.